The molecule has 1 aromatic carbocycles. The first-order valence-electron chi connectivity index (χ1n) is 9.60. The Morgan fingerprint density at radius 3 is 2.61 bits per heavy atom. The standard InChI is InChI=1S/C22H23FN4O/c1-26-14-21(25-15-26)22(28)27(19-4-2-3-5-19)13-16-10-11-24-20(12-16)17-6-8-18(23)9-7-17/h6-12,14-15,19H,2-5,13H2,1H3. The predicted molar refractivity (Wildman–Crippen MR) is 105 cm³/mol. The lowest BCUT2D eigenvalue weighted by atomic mass is 10.1. The van der Waals surface area contributed by atoms with Gasteiger partial charge in [0.25, 0.3) is 5.91 Å². The molecule has 1 aliphatic carbocycles. The van der Waals surface area contributed by atoms with Gasteiger partial charge < -0.3 is 9.47 Å². The van der Waals surface area contributed by atoms with Crippen molar-refractivity contribution in [1.29, 1.82) is 0 Å². The predicted octanol–water partition coefficient (Wildman–Crippen LogP) is 4.21. The number of hydrogen-bond donors (Lipinski definition) is 0. The largest absolute Gasteiger partial charge is 0.340 e. The van der Waals surface area contributed by atoms with Crippen LogP contribution in [0.4, 0.5) is 4.39 Å². The number of aromatic nitrogens is 3. The van der Waals surface area contributed by atoms with E-state index in [1.807, 2.05) is 24.1 Å². The Labute approximate surface area is 163 Å². The second-order valence-corrected chi connectivity index (χ2v) is 7.35. The maximum Gasteiger partial charge on any atom is 0.274 e. The summed E-state index contributed by atoms with van der Waals surface area (Å²) in [5, 5.41) is 0. The number of carbonyl (C=O) groups is 1. The van der Waals surface area contributed by atoms with Crippen LogP contribution in [0, 0.1) is 5.82 Å². The maximum absolute atomic E-state index is 13.2. The Hall–Kier alpha value is -3.02. The zero-order valence-electron chi connectivity index (χ0n) is 15.9. The second kappa shape index (κ2) is 7.92. The Bertz CT molecular complexity index is 961. The minimum atomic E-state index is -0.270. The summed E-state index contributed by atoms with van der Waals surface area (Å²) in [5.41, 5.74) is 3.11. The molecule has 0 N–H and O–H groups in total. The lowest BCUT2D eigenvalue weighted by Crippen LogP contribution is -2.38. The van der Waals surface area contributed by atoms with Crippen LogP contribution >= 0.6 is 0 Å². The third-order valence-corrected chi connectivity index (χ3v) is 5.27. The van der Waals surface area contributed by atoms with Crippen LogP contribution in [-0.2, 0) is 13.6 Å². The van der Waals surface area contributed by atoms with Crippen molar-refractivity contribution in [3.63, 3.8) is 0 Å². The van der Waals surface area contributed by atoms with Gasteiger partial charge in [-0.15, -0.1) is 0 Å². The van der Waals surface area contributed by atoms with Crippen LogP contribution in [0.3, 0.4) is 0 Å². The molecular weight excluding hydrogens is 355 g/mol. The molecule has 4 rings (SSSR count). The highest BCUT2D eigenvalue weighted by Crippen LogP contribution is 2.27. The topological polar surface area (TPSA) is 51.0 Å². The molecule has 2 aromatic heterocycles. The van der Waals surface area contributed by atoms with Crippen LogP contribution in [0.1, 0.15) is 41.7 Å². The van der Waals surface area contributed by atoms with Gasteiger partial charge in [-0.25, -0.2) is 9.37 Å². The average molecular weight is 378 g/mol. The number of amides is 1. The van der Waals surface area contributed by atoms with E-state index in [0.717, 1.165) is 42.5 Å². The number of pyridine rings is 1. The number of nitrogens with zero attached hydrogens (tertiary/aromatic N) is 4. The van der Waals surface area contributed by atoms with Gasteiger partial charge in [0.1, 0.15) is 11.5 Å². The van der Waals surface area contributed by atoms with Gasteiger partial charge in [0.2, 0.25) is 0 Å². The van der Waals surface area contributed by atoms with E-state index < -0.39 is 0 Å². The Morgan fingerprint density at radius 2 is 1.93 bits per heavy atom. The van der Waals surface area contributed by atoms with Crippen molar-refractivity contribution in [3.8, 4) is 11.3 Å². The molecule has 144 valence electrons. The molecule has 28 heavy (non-hydrogen) atoms. The van der Waals surface area contributed by atoms with Crippen LogP contribution < -0.4 is 0 Å². The summed E-state index contributed by atoms with van der Waals surface area (Å²) in [5.74, 6) is -0.305. The molecule has 0 radical (unpaired) electrons. The molecule has 1 fully saturated rings. The Morgan fingerprint density at radius 1 is 1.18 bits per heavy atom. The van der Waals surface area contributed by atoms with Gasteiger partial charge in [0, 0.05) is 37.6 Å². The molecule has 3 aromatic rings. The van der Waals surface area contributed by atoms with Crippen LogP contribution in [-0.4, -0.2) is 31.4 Å². The second-order valence-electron chi connectivity index (χ2n) is 7.35. The van der Waals surface area contributed by atoms with E-state index in [4.69, 9.17) is 0 Å². The van der Waals surface area contributed by atoms with E-state index in [2.05, 4.69) is 9.97 Å². The summed E-state index contributed by atoms with van der Waals surface area (Å²) in [6, 6.07) is 10.4. The summed E-state index contributed by atoms with van der Waals surface area (Å²) in [6.07, 6.45) is 9.50. The summed E-state index contributed by atoms with van der Waals surface area (Å²) >= 11 is 0. The van der Waals surface area contributed by atoms with E-state index >= 15 is 0 Å². The van der Waals surface area contributed by atoms with Crippen molar-refractivity contribution < 1.29 is 9.18 Å². The van der Waals surface area contributed by atoms with Crippen LogP contribution in [0.25, 0.3) is 11.3 Å². The number of aryl methyl sites for hydroxylation is 1. The van der Waals surface area contributed by atoms with Gasteiger partial charge in [-0.2, -0.15) is 0 Å². The maximum atomic E-state index is 13.2. The minimum Gasteiger partial charge on any atom is -0.340 e. The van der Waals surface area contributed by atoms with Crippen LogP contribution in [0.2, 0.25) is 0 Å². The van der Waals surface area contributed by atoms with E-state index in [1.54, 1.807) is 35.4 Å². The van der Waals surface area contributed by atoms with E-state index in [-0.39, 0.29) is 17.8 Å². The zero-order chi connectivity index (χ0) is 19.5. The van der Waals surface area contributed by atoms with Gasteiger partial charge >= 0.3 is 0 Å². The molecule has 1 saturated carbocycles. The minimum absolute atomic E-state index is 0.0346. The molecule has 0 bridgehead atoms. The molecule has 0 saturated heterocycles. The van der Waals surface area contributed by atoms with Crippen molar-refractivity contribution in [2.24, 2.45) is 7.05 Å². The fourth-order valence-corrected chi connectivity index (χ4v) is 3.80. The number of benzene rings is 1. The molecule has 6 heteroatoms. The third kappa shape index (κ3) is 3.96. The number of hydrogen-bond acceptors (Lipinski definition) is 3. The molecule has 1 aliphatic rings. The van der Waals surface area contributed by atoms with E-state index in [9.17, 15) is 9.18 Å². The van der Waals surface area contributed by atoms with Crippen molar-refractivity contribution >= 4 is 5.91 Å². The quantitative estimate of drug-likeness (QED) is 0.668. The van der Waals surface area contributed by atoms with Crippen molar-refractivity contribution in [1.82, 2.24) is 19.4 Å². The van der Waals surface area contributed by atoms with E-state index in [0.29, 0.717) is 12.2 Å². The molecule has 5 nitrogen and oxygen atoms in total. The van der Waals surface area contributed by atoms with Gasteiger partial charge in [-0.1, -0.05) is 12.8 Å². The van der Waals surface area contributed by atoms with E-state index in [1.165, 1.54) is 12.1 Å². The number of imidazole rings is 1. The molecule has 0 spiro atoms. The normalized spacial score (nSPS) is 14.4. The Balaban J connectivity index is 1.60. The molecule has 0 unspecified atom stereocenters. The smallest absolute Gasteiger partial charge is 0.274 e. The van der Waals surface area contributed by atoms with Crippen LogP contribution in [0.15, 0.2) is 55.1 Å². The van der Waals surface area contributed by atoms with Gasteiger partial charge in [-0.3, -0.25) is 9.78 Å². The first kappa shape index (κ1) is 18.3. The summed E-state index contributed by atoms with van der Waals surface area (Å²) in [7, 11) is 1.86. The fraction of sp³-hybridized carbons (Fsp3) is 0.318. The molecular formula is C22H23FN4O. The Kier molecular flexibility index (Phi) is 5.19. The van der Waals surface area contributed by atoms with Crippen molar-refractivity contribution in [2.45, 2.75) is 38.3 Å². The highest BCUT2D eigenvalue weighted by atomic mass is 19.1. The lowest BCUT2D eigenvalue weighted by molar-refractivity contribution is 0.0659. The summed E-state index contributed by atoms with van der Waals surface area (Å²) < 4.78 is 15.0. The zero-order valence-corrected chi connectivity index (χ0v) is 15.9. The number of carbonyl (C=O) groups excluding carboxylic acids is 1. The molecule has 0 aliphatic heterocycles. The average Bonchev–Trinajstić information content (AvgIpc) is 3.38. The third-order valence-electron chi connectivity index (χ3n) is 5.27. The van der Waals surface area contributed by atoms with Crippen molar-refractivity contribution in [2.75, 3.05) is 0 Å². The summed E-state index contributed by atoms with van der Waals surface area (Å²) in [6.45, 7) is 0.511. The molecule has 0 atom stereocenters. The molecule has 1 amide bonds. The highest BCUT2D eigenvalue weighted by Gasteiger charge is 2.28. The number of halogens is 1. The lowest BCUT2D eigenvalue weighted by Gasteiger charge is -2.28. The van der Waals surface area contributed by atoms with Crippen LogP contribution in [0.5, 0.6) is 0 Å². The summed E-state index contributed by atoms with van der Waals surface area (Å²) in [4.78, 5) is 23.7. The molecule has 2 heterocycles. The highest BCUT2D eigenvalue weighted by molar-refractivity contribution is 5.92. The van der Waals surface area contributed by atoms with Crippen molar-refractivity contribution in [3.05, 3.63) is 72.2 Å². The first-order valence-corrected chi connectivity index (χ1v) is 9.60. The SMILES string of the molecule is Cn1cnc(C(=O)N(Cc2ccnc(-c3ccc(F)cc3)c2)C2CCCC2)c1. The number of rotatable bonds is 5. The van der Waals surface area contributed by atoms with Gasteiger partial charge in [-0.05, 0) is 54.8 Å². The fourth-order valence-electron chi connectivity index (χ4n) is 3.80. The van der Waals surface area contributed by atoms with Gasteiger partial charge in [0.15, 0.2) is 0 Å². The van der Waals surface area contributed by atoms with Gasteiger partial charge in [0.05, 0.1) is 12.0 Å². The first-order chi connectivity index (χ1) is 13.6. The monoisotopic (exact) mass is 378 g/mol.